The summed E-state index contributed by atoms with van der Waals surface area (Å²) in [5.41, 5.74) is 8.47. The van der Waals surface area contributed by atoms with Gasteiger partial charge in [0.2, 0.25) is 0 Å². The minimum atomic E-state index is -0.0974. The molecule has 1 rings (SSSR count). The molecule has 0 aliphatic heterocycles. The molecule has 1 aromatic carbocycles. The van der Waals surface area contributed by atoms with E-state index in [9.17, 15) is 0 Å². The first kappa shape index (κ1) is 13.0. The first-order chi connectivity index (χ1) is 7.40. The van der Waals surface area contributed by atoms with E-state index in [-0.39, 0.29) is 5.54 Å². The van der Waals surface area contributed by atoms with Gasteiger partial charge in [-0.3, -0.25) is 0 Å². The second-order valence-electron chi connectivity index (χ2n) is 5.41. The molecule has 90 valence electrons. The standard InChI is InChI=1S/C14H24N2/c1-11(2)12-7-5-6-8-13(12)16-10-9-14(3,4)15/h5-8,11,16H,9-10,15H2,1-4H3. The summed E-state index contributed by atoms with van der Waals surface area (Å²) in [6.07, 6.45) is 0.972. The molecule has 0 atom stereocenters. The van der Waals surface area contributed by atoms with Crippen LogP contribution in [0.25, 0.3) is 0 Å². The van der Waals surface area contributed by atoms with E-state index in [1.54, 1.807) is 0 Å². The lowest BCUT2D eigenvalue weighted by molar-refractivity contribution is 0.490. The molecule has 0 saturated heterocycles. The highest BCUT2D eigenvalue weighted by atomic mass is 14.9. The van der Waals surface area contributed by atoms with Gasteiger partial charge in [-0.05, 0) is 37.8 Å². The zero-order chi connectivity index (χ0) is 12.2. The van der Waals surface area contributed by atoms with Crippen LogP contribution in [0.15, 0.2) is 24.3 Å². The third-order valence-corrected chi connectivity index (χ3v) is 2.67. The van der Waals surface area contributed by atoms with Gasteiger partial charge in [-0.25, -0.2) is 0 Å². The Bertz CT molecular complexity index is 324. The summed E-state index contributed by atoms with van der Waals surface area (Å²) < 4.78 is 0. The fourth-order valence-electron chi connectivity index (χ4n) is 1.68. The Hall–Kier alpha value is -1.02. The highest BCUT2D eigenvalue weighted by Gasteiger charge is 2.10. The van der Waals surface area contributed by atoms with E-state index in [0.717, 1.165) is 13.0 Å². The van der Waals surface area contributed by atoms with Crippen molar-refractivity contribution in [1.29, 1.82) is 0 Å². The summed E-state index contributed by atoms with van der Waals surface area (Å²) in [6, 6.07) is 8.48. The van der Waals surface area contributed by atoms with Crippen molar-refractivity contribution in [2.75, 3.05) is 11.9 Å². The number of para-hydroxylation sites is 1. The third kappa shape index (κ3) is 4.23. The molecule has 2 nitrogen and oxygen atoms in total. The average molecular weight is 220 g/mol. The Labute approximate surface area is 99.2 Å². The Morgan fingerprint density at radius 3 is 2.44 bits per heavy atom. The van der Waals surface area contributed by atoms with Crippen LogP contribution >= 0.6 is 0 Å². The van der Waals surface area contributed by atoms with Crippen LogP contribution < -0.4 is 11.1 Å². The fourth-order valence-corrected chi connectivity index (χ4v) is 1.68. The lowest BCUT2D eigenvalue weighted by Gasteiger charge is -2.20. The van der Waals surface area contributed by atoms with Gasteiger partial charge in [0.25, 0.3) is 0 Å². The monoisotopic (exact) mass is 220 g/mol. The van der Waals surface area contributed by atoms with Gasteiger partial charge in [0, 0.05) is 17.8 Å². The van der Waals surface area contributed by atoms with E-state index in [4.69, 9.17) is 5.73 Å². The summed E-state index contributed by atoms with van der Waals surface area (Å²) in [6.45, 7) is 9.47. The van der Waals surface area contributed by atoms with Crippen LogP contribution in [0.2, 0.25) is 0 Å². The summed E-state index contributed by atoms with van der Waals surface area (Å²) in [5.74, 6) is 0.551. The van der Waals surface area contributed by atoms with Crippen LogP contribution in [-0.4, -0.2) is 12.1 Å². The Morgan fingerprint density at radius 2 is 1.88 bits per heavy atom. The number of hydrogen-bond donors (Lipinski definition) is 2. The van der Waals surface area contributed by atoms with Crippen LogP contribution in [0.3, 0.4) is 0 Å². The van der Waals surface area contributed by atoms with Crippen molar-refractivity contribution in [2.45, 2.75) is 45.6 Å². The minimum absolute atomic E-state index is 0.0974. The molecule has 0 amide bonds. The summed E-state index contributed by atoms with van der Waals surface area (Å²) in [5, 5.41) is 3.47. The first-order valence-electron chi connectivity index (χ1n) is 6.02. The summed E-state index contributed by atoms with van der Waals surface area (Å²) in [4.78, 5) is 0. The van der Waals surface area contributed by atoms with E-state index < -0.39 is 0 Å². The Kier molecular flexibility index (Phi) is 4.36. The topological polar surface area (TPSA) is 38.0 Å². The molecule has 16 heavy (non-hydrogen) atoms. The SMILES string of the molecule is CC(C)c1ccccc1NCCC(C)(C)N. The van der Waals surface area contributed by atoms with Crippen molar-refractivity contribution in [2.24, 2.45) is 5.73 Å². The van der Waals surface area contributed by atoms with Crippen molar-refractivity contribution >= 4 is 5.69 Å². The second kappa shape index (κ2) is 5.35. The van der Waals surface area contributed by atoms with E-state index in [1.165, 1.54) is 11.3 Å². The molecular weight excluding hydrogens is 196 g/mol. The fraction of sp³-hybridized carbons (Fsp3) is 0.571. The minimum Gasteiger partial charge on any atom is -0.385 e. The maximum atomic E-state index is 5.96. The van der Waals surface area contributed by atoms with Gasteiger partial charge in [0.1, 0.15) is 0 Å². The van der Waals surface area contributed by atoms with Gasteiger partial charge in [0.05, 0.1) is 0 Å². The highest BCUT2D eigenvalue weighted by Crippen LogP contribution is 2.23. The first-order valence-corrected chi connectivity index (χ1v) is 6.02. The number of nitrogens with one attached hydrogen (secondary N) is 1. The Morgan fingerprint density at radius 1 is 1.25 bits per heavy atom. The molecular formula is C14H24N2. The van der Waals surface area contributed by atoms with E-state index in [0.29, 0.717) is 5.92 Å². The molecule has 0 aromatic heterocycles. The lowest BCUT2D eigenvalue weighted by Crippen LogP contribution is -2.34. The normalized spacial score (nSPS) is 11.9. The molecule has 0 saturated carbocycles. The van der Waals surface area contributed by atoms with Crippen molar-refractivity contribution in [1.82, 2.24) is 0 Å². The molecule has 0 radical (unpaired) electrons. The average Bonchev–Trinajstić information content (AvgIpc) is 2.16. The van der Waals surface area contributed by atoms with E-state index in [2.05, 4.69) is 57.3 Å². The van der Waals surface area contributed by atoms with Gasteiger partial charge in [0.15, 0.2) is 0 Å². The molecule has 0 heterocycles. The largest absolute Gasteiger partial charge is 0.385 e. The van der Waals surface area contributed by atoms with E-state index >= 15 is 0 Å². The Balaban J connectivity index is 2.60. The van der Waals surface area contributed by atoms with E-state index in [1.807, 2.05) is 0 Å². The highest BCUT2D eigenvalue weighted by molar-refractivity contribution is 5.52. The predicted molar refractivity (Wildman–Crippen MR) is 71.9 cm³/mol. The van der Waals surface area contributed by atoms with Gasteiger partial charge >= 0.3 is 0 Å². The van der Waals surface area contributed by atoms with Gasteiger partial charge in [-0.1, -0.05) is 32.0 Å². The maximum Gasteiger partial charge on any atom is 0.0375 e. The third-order valence-electron chi connectivity index (χ3n) is 2.67. The molecule has 0 aliphatic rings. The molecule has 0 fully saturated rings. The number of rotatable bonds is 5. The molecule has 0 spiro atoms. The number of anilines is 1. The predicted octanol–water partition coefficient (Wildman–Crippen LogP) is 3.35. The maximum absolute atomic E-state index is 5.96. The summed E-state index contributed by atoms with van der Waals surface area (Å²) in [7, 11) is 0. The van der Waals surface area contributed by atoms with Crippen molar-refractivity contribution in [3.8, 4) is 0 Å². The zero-order valence-electron chi connectivity index (χ0n) is 10.9. The van der Waals surface area contributed by atoms with Crippen LogP contribution in [0.5, 0.6) is 0 Å². The zero-order valence-corrected chi connectivity index (χ0v) is 10.9. The van der Waals surface area contributed by atoms with Crippen molar-refractivity contribution in [3.05, 3.63) is 29.8 Å². The number of benzene rings is 1. The smallest absolute Gasteiger partial charge is 0.0375 e. The molecule has 0 aliphatic carbocycles. The van der Waals surface area contributed by atoms with Crippen molar-refractivity contribution < 1.29 is 0 Å². The van der Waals surface area contributed by atoms with Gasteiger partial charge in [-0.2, -0.15) is 0 Å². The number of hydrogen-bond acceptors (Lipinski definition) is 2. The second-order valence-corrected chi connectivity index (χ2v) is 5.41. The molecule has 0 unspecified atom stereocenters. The molecule has 2 heteroatoms. The van der Waals surface area contributed by atoms with Crippen LogP contribution in [-0.2, 0) is 0 Å². The van der Waals surface area contributed by atoms with Gasteiger partial charge in [-0.15, -0.1) is 0 Å². The molecule has 0 bridgehead atoms. The van der Waals surface area contributed by atoms with Gasteiger partial charge < -0.3 is 11.1 Å². The lowest BCUT2D eigenvalue weighted by atomic mass is 10.00. The van der Waals surface area contributed by atoms with Crippen molar-refractivity contribution in [3.63, 3.8) is 0 Å². The van der Waals surface area contributed by atoms with Crippen LogP contribution in [0, 0.1) is 0 Å². The molecule has 1 aromatic rings. The quantitative estimate of drug-likeness (QED) is 0.798. The van der Waals surface area contributed by atoms with Crippen LogP contribution in [0.4, 0.5) is 5.69 Å². The number of nitrogens with two attached hydrogens (primary N) is 1. The summed E-state index contributed by atoms with van der Waals surface area (Å²) >= 11 is 0. The molecule has 3 N–H and O–H groups in total. The van der Waals surface area contributed by atoms with Crippen LogP contribution in [0.1, 0.15) is 45.6 Å².